The first-order chi connectivity index (χ1) is 8.65. The third-order valence-electron chi connectivity index (χ3n) is 3.11. The van der Waals surface area contributed by atoms with Gasteiger partial charge < -0.3 is 16.0 Å². The Labute approximate surface area is 118 Å². The molecule has 0 atom stereocenters. The molecular weight excluding hydrogens is 266 g/mol. The van der Waals surface area contributed by atoms with Crippen molar-refractivity contribution < 1.29 is 0 Å². The summed E-state index contributed by atoms with van der Waals surface area (Å²) in [5.74, 6) is 0. The molecule has 0 unspecified atom stereocenters. The third-order valence-corrected chi connectivity index (χ3v) is 3.57. The first-order valence-corrected chi connectivity index (χ1v) is 6.98. The van der Waals surface area contributed by atoms with Crippen molar-refractivity contribution in [3.63, 3.8) is 0 Å². The minimum atomic E-state index is 0.471. The molecule has 18 heavy (non-hydrogen) atoms. The van der Waals surface area contributed by atoms with E-state index in [0.29, 0.717) is 11.2 Å². The van der Waals surface area contributed by atoms with Crippen molar-refractivity contribution in [1.82, 2.24) is 10.6 Å². The van der Waals surface area contributed by atoms with E-state index in [2.05, 4.69) is 16.0 Å². The van der Waals surface area contributed by atoms with Crippen LogP contribution in [0.3, 0.4) is 0 Å². The van der Waals surface area contributed by atoms with Gasteiger partial charge in [0.15, 0.2) is 5.11 Å². The summed E-state index contributed by atoms with van der Waals surface area (Å²) >= 11 is 11.3. The average Bonchev–Trinajstić information content (AvgIpc) is 2.34. The smallest absolute Gasteiger partial charge is 0.171 e. The highest BCUT2D eigenvalue weighted by Crippen LogP contribution is 2.19. The zero-order valence-corrected chi connectivity index (χ0v) is 12.0. The third kappa shape index (κ3) is 3.83. The van der Waals surface area contributed by atoms with E-state index >= 15 is 0 Å². The Morgan fingerprint density at radius 1 is 1.39 bits per heavy atom. The van der Waals surface area contributed by atoms with E-state index in [4.69, 9.17) is 23.8 Å². The Balaban J connectivity index is 1.90. The van der Waals surface area contributed by atoms with Crippen molar-refractivity contribution in [2.45, 2.75) is 25.8 Å². The van der Waals surface area contributed by atoms with Crippen LogP contribution < -0.4 is 16.0 Å². The van der Waals surface area contributed by atoms with Crippen LogP contribution >= 0.6 is 23.8 Å². The molecule has 0 aromatic heterocycles. The fraction of sp³-hybridized carbons (Fsp3) is 0.462. The van der Waals surface area contributed by atoms with Gasteiger partial charge in [0, 0.05) is 16.8 Å². The Bertz CT molecular complexity index is 430. The number of thiocarbonyl (C=S) groups is 1. The van der Waals surface area contributed by atoms with Gasteiger partial charge in [-0.25, -0.2) is 0 Å². The van der Waals surface area contributed by atoms with Crippen molar-refractivity contribution in [2.75, 3.05) is 18.4 Å². The Morgan fingerprint density at radius 3 is 2.78 bits per heavy atom. The van der Waals surface area contributed by atoms with Crippen LogP contribution in [0.5, 0.6) is 0 Å². The fourth-order valence-electron chi connectivity index (χ4n) is 2.08. The number of benzene rings is 1. The van der Waals surface area contributed by atoms with E-state index in [1.165, 1.54) is 0 Å². The van der Waals surface area contributed by atoms with Crippen LogP contribution in [0.1, 0.15) is 18.4 Å². The van der Waals surface area contributed by atoms with Crippen LogP contribution in [0.15, 0.2) is 18.2 Å². The molecule has 1 heterocycles. The maximum absolute atomic E-state index is 5.93. The van der Waals surface area contributed by atoms with Crippen molar-refractivity contribution >= 4 is 34.6 Å². The Hall–Kier alpha value is -0.840. The number of nitrogens with one attached hydrogen (secondary N) is 3. The topological polar surface area (TPSA) is 36.1 Å². The van der Waals surface area contributed by atoms with E-state index in [0.717, 1.165) is 42.2 Å². The first kappa shape index (κ1) is 13.6. The zero-order chi connectivity index (χ0) is 13.0. The molecular formula is C13H18ClN3S. The quantitative estimate of drug-likeness (QED) is 0.730. The van der Waals surface area contributed by atoms with Crippen LogP contribution in [0.25, 0.3) is 0 Å². The summed E-state index contributed by atoms with van der Waals surface area (Å²) in [6, 6.07) is 6.22. The molecule has 0 amide bonds. The standard InChI is InChI=1S/C13H18ClN3S/c1-9-8-10(14)2-3-12(9)17-13(18)16-11-4-6-15-7-5-11/h2-3,8,11,15H,4-7H2,1H3,(H2,16,17,18). The highest BCUT2D eigenvalue weighted by molar-refractivity contribution is 7.80. The minimum absolute atomic E-state index is 0.471. The lowest BCUT2D eigenvalue weighted by atomic mass is 10.1. The Kier molecular flexibility index (Phi) is 4.80. The van der Waals surface area contributed by atoms with Gasteiger partial charge in [0.1, 0.15) is 0 Å². The van der Waals surface area contributed by atoms with Crippen LogP contribution in [0.2, 0.25) is 5.02 Å². The number of hydrogen-bond donors (Lipinski definition) is 3. The van der Waals surface area contributed by atoms with Crippen molar-refractivity contribution in [2.24, 2.45) is 0 Å². The van der Waals surface area contributed by atoms with Crippen LogP contribution in [-0.4, -0.2) is 24.2 Å². The normalized spacial score (nSPS) is 16.3. The van der Waals surface area contributed by atoms with Gasteiger partial charge in [-0.15, -0.1) is 0 Å². The summed E-state index contributed by atoms with van der Waals surface area (Å²) < 4.78 is 0. The summed E-state index contributed by atoms with van der Waals surface area (Å²) in [6.45, 7) is 4.13. The molecule has 1 aromatic carbocycles. The molecule has 0 aliphatic carbocycles. The first-order valence-electron chi connectivity index (χ1n) is 6.19. The van der Waals surface area contributed by atoms with Gasteiger partial charge in [0.05, 0.1) is 0 Å². The molecule has 1 aliphatic heterocycles. The lowest BCUT2D eigenvalue weighted by Crippen LogP contribution is -2.44. The Morgan fingerprint density at radius 2 is 2.11 bits per heavy atom. The summed E-state index contributed by atoms with van der Waals surface area (Å²) in [7, 11) is 0. The van der Waals surface area contributed by atoms with E-state index in [1.807, 2.05) is 25.1 Å². The summed E-state index contributed by atoms with van der Waals surface area (Å²) in [4.78, 5) is 0. The molecule has 1 aromatic rings. The van der Waals surface area contributed by atoms with Gasteiger partial charge >= 0.3 is 0 Å². The minimum Gasteiger partial charge on any atom is -0.360 e. The van der Waals surface area contributed by atoms with E-state index in [9.17, 15) is 0 Å². The molecule has 1 fully saturated rings. The second kappa shape index (κ2) is 6.36. The predicted octanol–water partition coefficient (Wildman–Crippen LogP) is 2.69. The lowest BCUT2D eigenvalue weighted by molar-refractivity contribution is 0.430. The van der Waals surface area contributed by atoms with Gasteiger partial charge in [0.2, 0.25) is 0 Å². The molecule has 5 heteroatoms. The van der Waals surface area contributed by atoms with Crippen LogP contribution in [-0.2, 0) is 0 Å². The lowest BCUT2D eigenvalue weighted by Gasteiger charge is -2.25. The SMILES string of the molecule is Cc1cc(Cl)ccc1NC(=S)NC1CCNCC1. The molecule has 1 saturated heterocycles. The molecule has 1 aliphatic rings. The van der Waals surface area contributed by atoms with Crippen LogP contribution in [0, 0.1) is 6.92 Å². The largest absolute Gasteiger partial charge is 0.360 e. The van der Waals surface area contributed by atoms with Crippen molar-refractivity contribution in [3.05, 3.63) is 28.8 Å². The molecule has 0 bridgehead atoms. The number of halogens is 1. The maximum Gasteiger partial charge on any atom is 0.171 e. The highest BCUT2D eigenvalue weighted by atomic mass is 35.5. The van der Waals surface area contributed by atoms with Crippen molar-refractivity contribution in [3.8, 4) is 0 Å². The van der Waals surface area contributed by atoms with Gasteiger partial charge in [-0.2, -0.15) is 0 Å². The number of rotatable bonds is 2. The predicted molar refractivity (Wildman–Crippen MR) is 81.4 cm³/mol. The number of anilines is 1. The molecule has 0 spiro atoms. The van der Waals surface area contributed by atoms with Gasteiger partial charge in [-0.3, -0.25) is 0 Å². The molecule has 3 N–H and O–H groups in total. The maximum atomic E-state index is 5.93. The molecule has 2 rings (SSSR count). The summed E-state index contributed by atoms with van der Waals surface area (Å²) in [6.07, 6.45) is 2.23. The van der Waals surface area contributed by atoms with E-state index in [1.54, 1.807) is 0 Å². The van der Waals surface area contributed by atoms with E-state index in [-0.39, 0.29) is 0 Å². The van der Waals surface area contributed by atoms with Gasteiger partial charge in [-0.1, -0.05) is 11.6 Å². The van der Waals surface area contributed by atoms with Gasteiger partial charge in [0.25, 0.3) is 0 Å². The van der Waals surface area contributed by atoms with Crippen molar-refractivity contribution in [1.29, 1.82) is 0 Å². The number of hydrogen-bond acceptors (Lipinski definition) is 2. The average molecular weight is 284 g/mol. The molecule has 0 saturated carbocycles. The monoisotopic (exact) mass is 283 g/mol. The fourth-order valence-corrected chi connectivity index (χ4v) is 2.58. The second-order valence-electron chi connectivity index (χ2n) is 4.58. The van der Waals surface area contributed by atoms with E-state index < -0.39 is 0 Å². The zero-order valence-electron chi connectivity index (χ0n) is 10.4. The molecule has 3 nitrogen and oxygen atoms in total. The molecule has 98 valence electrons. The van der Waals surface area contributed by atoms with Gasteiger partial charge in [-0.05, 0) is 68.8 Å². The number of aryl methyl sites for hydroxylation is 1. The second-order valence-corrected chi connectivity index (χ2v) is 5.43. The summed E-state index contributed by atoms with van der Waals surface area (Å²) in [5, 5.41) is 11.4. The molecule has 0 radical (unpaired) electrons. The number of piperidine rings is 1. The highest BCUT2D eigenvalue weighted by Gasteiger charge is 2.13. The van der Waals surface area contributed by atoms with Crippen LogP contribution in [0.4, 0.5) is 5.69 Å². The summed E-state index contributed by atoms with van der Waals surface area (Å²) in [5.41, 5.74) is 2.10.